The summed E-state index contributed by atoms with van der Waals surface area (Å²) in [7, 11) is 0. The van der Waals surface area contributed by atoms with Crippen LogP contribution >= 0.6 is 0 Å². The Morgan fingerprint density at radius 3 is 2.57 bits per heavy atom. The highest BCUT2D eigenvalue weighted by atomic mass is 32.2. The molecule has 1 unspecified atom stereocenters. The number of nitrogens with zero attached hydrogens (tertiary/aromatic N) is 2. The van der Waals surface area contributed by atoms with Crippen molar-refractivity contribution in [1.29, 1.82) is 0 Å². The van der Waals surface area contributed by atoms with Crippen LogP contribution in [0.2, 0.25) is 0 Å². The number of nitrogens with one attached hydrogen (secondary N) is 2. The first-order chi connectivity index (χ1) is 14.4. The molecule has 0 saturated heterocycles. The second-order valence-corrected chi connectivity index (χ2v) is 7.83. The predicted octanol–water partition coefficient (Wildman–Crippen LogP) is 0.896. The number of anilines is 1. The molecule has 8 nitrogen and oxygen atoms in total. The van der Waals surface area contributed by atoms with Crippen LogP contribution in [0.15, 0.2) is 47.5 Å². The van der Waals surface area contributed by atoms with Gasteiger partial charge in [0.2, 0.25) is 11.7 Å². The molecule has 2 aromatic rings. The van der Waals surface area contributed by atoms with Gasteiger partial charge in [0.1, 0.15) is 17.6 Å². The minimum Gasteiger partial charge on any atom is -0.358 e. The second kappa shape index (κ2) is 11.9. The normalized spacial score (nSPS) is 11.5. The van der Waals surface area contributed by atoms with Gasteiger partial charge in [-0.05, 0) is 25.1 Å². The van der Waals surface area contributed by atoms with E-state index in [9.17, 15) is 19.2 Å². The van der Waals surface area contributed by atoms with Crippen LogP contribution in [-0.4, -0.2) is 45.9 Å². The van der Waals surface area contributed by atoms with E-state index in [2.05, 4.69) is 15.6 Å². The molecule has 1 aromatic carbocycles. The molecule has 1 heterocycles. The topological polar surface area (TPSA) is 110 Å². The van der Waals surface area contributed by atoms with E-state index >= 15 is 0 Å². The van der Waals surface area contributed by atoms with Crippen molar-refractivity contribution in [2.24, 2.45) is 0 Å². The van der Waals surface area contributed by atoms with E-state index in [1.165, 1.54) is 23.9 Å². The molecule has 1 aromatic heterocycles. The summed E-state index contributed by atoms with van der Waals surface area (Å²) in [6, 6.07) is 9.11. The summed E-state index contributed by atoms with van der Waals surface area (Å²) >= 11 is 0.972. The largest absolute Gasteiger partial charge is 0.358 e. The van der Waals surface area contributed by atoms with E-state index < -0.39 is 17.5 Å². The van der Waals surface area contributed by atoms with E-state index in [0.29, 0.717) is 12.2 Å². The van der Waals surface area contributed by atoms with Gasteiger partial charge in [-0.25, -0.2) is 4.98 Å². The number of hydrogen-bond donors (Lipinski definition) is 2. The van der Waals surface area contributed by atoms with E-state index in [0.717, 1.165) is 23.1 Å². The van der Waals surface area contributed by atoms with E-state index in [1.54, 1.807) is 6.92 Å². The minimum absolute atomic E-state index is 0.00902. The highest BCUT2D eigenvalue weighted by Gasteiger charge is 2.22. The average molecular weight is 432 g/mol. The van der Waals surface area contributed by atoms with Gasteiger partial charge in [0.05, 0.1) is 13.1 Å². The summed E-state index contributed by atoms with van der Waals surface area (Å²) in [5.74, 6) is 0.523. The monoisotopic (exact) mass is 431 g/mol. The Labute approximate surface area is 179 Å². The Morgan fingerprint density at radius 2 is 1.90 bits per heavy atom. The van der Waals surface area contributed by atoms with Gasteiger partial charge in [-0.2, -0.15) is 0 Å². The zero-order valence-electron chi connectivity index (χ0n) is 17.1. The maximum atomic E-state index is 12.6. The summed E-state index contributed by atoms with van der Waals surface area (Å²) in [6.07, 6.45) is 3.19. The van der Waals surface area contributed by atoms with Gasteiger partial charge in [0, 0.05) is 18.0 Å². The highest BCUT2D eigenvalue weighted by molar-refractivity contribution is 7.78. The molecule has 0 fully saturated rings. The second-order valence-electron chi connectivity index (χ2n) is 6.75. The average Bonchev–Trinajstić information content (AvgIpc) is 2.73. The van der Waals surface area contributed by atoms with Crippen molar-refractivity contribution in [1.82, 2.24) is 14.9 Å². The number of ketones is 2. The van der Waals surface area contributed by atoms with Crippen LogP contribution in [0.5, 0.6) is 0 Å². The molecule has 9 heteroatoms. The number of aromatic nitrogens is 2. The molecule has 0 saturated carbocycles. The van der Waals surface area contributed by atoms with Crippen molar-refractivity contribution in [3.8, 4) is 0 Å². The molecule has 160 valence electrons. The predicted molar refractivity (Wildman–Crippen MR) is 119 cm³/mol. The number of rotatable bonds is 12. The molecule has 1 atom stereocenters. The molecular formula is C21H27N4O4S+. The van der Waals surface area contributed by atoms with Crippen LogP contribution in [-0.2, 0) is 31.9 Å². The quantitative estimate of drug-likeness (QED) is 0.382. The summed E-state index contributed by atoms with van der Waals surface area (Å²) in [6.45, 7) is 3.07. The number of hydrogen-bond acceptors (Lipinski definition) is 6. The number of Topliss-reactive ketones (excluding diaryl/α,β-unsaturated/α-hetero) is 2. The first-order valence-electron chi connectivity index (χ1n) is 9.69. The van der Waals surface area contributed by atoms with Crippen LogP contribution in [0, 0.1) is 0 Å². The third-order valence-electron chi connectivity index (χ3n) is 4.28. The van der Waals surface area contributed by atoms with Crippen LogP contribution in [0.1, 0.15) is 31.9 Å². The maximum Gasteiger partial charge on any atom is 0.294 e. The van der Waals surface area contributed by atoms with Crippen molar-refractivity contribution >= 4 is 35.1 Å². The summed E-state index contributed by atoms with van der Waals surface area (Å²) < 4.78 is 1.27. The standard InChI is InChI=1S/C21H26N4O4S/c1-3-18(25-10-9-22-19(21(25)29)23-11-15(2)26)20(28)24-12-17(27)14-30-13-16-7-5-4-6-8-16/h4-10,18H,3,11-14H2,1-2H3,(H,22,23)(H,24,28)/p+1. The fourth-order valence-corrected chi connectivity index (χ4v) is 3.70. The number of carbonyl (C=O) groups is 3. The van der Waals surface area contributed by atoms with Crippen molar-refractivity contribution in [2.45, 2.75) is 32.1 Å². The van der Waals surface area contributed by atoms with Crippen molar-refractivity contribution < 1.29 is 14.4 Å². The van der Waals surface area contributed by atoms with Gasteiger partial charge >= 0.3 is 0 Å². The Balaban J connectivity index is 1.90. The molecule has 1 amide bonds. The summed E-state index contributed by atoms with van der Waals surface area (Å²) in [5, 5.41) is 5.31. The molecule has 0 aliphatic rings. The zero-order valence-corrected chi connectivity index (χ0v) is 18.0. The molecule has 0 bridgehead atoms. The Bertz CT molecular complexity index is 930. The third kappa shape index (κ3) is 7.14. The molecule has 2 rings (SSSR count). The summed E-state index contributed by atoms with van der Waals surface area (Å²) in [4.78, 5) is 52.3. The number of benzene rings is 1. The van der Waals surface area contributed by atoms with Gasteiger partial charge < -0.3 is 10.6 Å². The van der Waals surface area contributed by atoms with Crippen LogP contribution in [0.25, 0.3) is 0 Å². The molecule has 0 aliphatic heterocycles. The Hall–Kier alpha value is -2.94. The lowest BCUT2D eigenvalue weighted by Crippen LogP contribution is -2.40. The number of carbonyl (C=O) groups excluding carboxylic acids is 3. The highest BCUT2D eigenvalue weighted by Crippen LogP contribution is 2.09. The lowest BCUT2D eigenvalue weighted by molar-refractivity contribution is -0.127. The number of amides is 1. The minimum atomic E-state index is -0.770. The van der Waals surface area contributed by atoms with Crippen molar-refractivity contribution in [3.05, 3.63) is 58.6 Å². The lowest BCUT2D eigenvalue weighted by Gasteiger charge is -2.18. The SMILES string of the molecule is CCC(C(=O)NCC(=O)C[SH+]Cc1ccccc1)n1ccnc(NCC(C)=O)c1=O. The van der Waals surface area contributed by atoms with Gasteiger partial charge in [0.15, 0.2) is 11.6 Å². The smallest absolute Gasteiger partial charge is 0.294 e. The molecule has 0 spiro atoms. The molecular weight excluding hydrogens is 404 g/mol. The van der Waals surface area contributed by atoms with Crippen molar-refractivity contribution in [2.75, 3.05) is 24.2 Å². The van der Waals surface area contributed by atoms with E-state index in [1.807, 2.05) is 30.3 Å². The van der Waals surface area contributed by atoms with Gasteiger partial charge in [-0.1, -0.05) is 37.3 Å². The fraction of sp³-hybridized carbons (Fsp3) is 0.381. The first kappa shape index (κ1) is 23.3. The molecule has 0 aliphatic carbocycles. The zero-order chi connectivity index (χ0) is 21.9. The lowest BCUT2D eigenvalue weighted by atomic mass is 10.2. The molecule has 2 N–H and O–H groups in total. The van der Waals surface area contributed by atoms with Crippen LogP contribution < -0.4 is 16.2 Å². The molecule has 30 heavy (non-hydrogen) atoms. The number of thiol groups is 1. The maximum absolute atomic E-state index is 12.6. The van der Waals surface area contributed by atoms with Crippen LogP contribution in [0.3, 0.4) is 0 Å². The van der Waals surface area contributed by atoms with E-state index in [-0.39, 0.29) is 30.5 Å². The van der Waals surface area contributed by atoms with Crippen LogP contribution in [0.4, 0.5) is 5.82 Å². The summed E-state index contributed by atoms with van der Waals surface area (Å²) in [5.41, 5.74) is 0.668. The molecule has 0 radical (unpaired) electrons. The third-order valence-corrected chi connectivity index (χ3v) is 5.45. The Kier molecular flexibility index (Phi) is 9.27. The van der Waals surface area contributed by atoms with E-state index in [4.69, 9.17) is 0 Å². The van der Waals surface area contributed by atoms with Gasteiger partial charge in [0.25, 0.3) is 5.56 Å². The van der Waals surface area contributed by atoms with Crippen molar-refractivity contribution in [3.63, 3.8) is 0 Å². The Morgan fingerprint density at radius 1 is 1.17 bits per heavy atom. The van der Waals surface area contributed by atoms with Gasteiger partial charge in [-0.3, -0.25) is 23.7 Å². The van der Waals surface area contributed by atoms with Gasteiger partial charge in [-0.15, -0.1) is 0 Å². The fourth-order valence-electron chi connectivity index (χ4n) is 2.76. The first-order valence-corrected chi connectivity index (χ1v) is 11.0.